The first kappa shape index (κ1) is 20.5. The lowest BCUT2D eigenvalue weighted by molar-refractivity contribution is -0.158. The van der Waals surface area contributed by atoms with Crippen molar-refractivity contribution in [2.45, 2.75) is 37.6 Å². The second-order valence-electron chi connectivity index (χ2n) is 8.27. The number of nitrogens with zero attached hydrogens (tertiary/aromatic N) is 2. The zero-order chi connectivity index (χ0) is 21.0. The standard InChI is InChI=1S/C24H29N3O3/c1-25-21(28)24(20-10-5-6-14-26-20)11-7-15-27(24)22(29)23(12-16-30-17-13-23)18-19-8-3-2-4-9-19/h2-6,8-10,14H,7,11-13,15-18H2,1H3,(H,25,28)/t24-/m0/s1. The molecule has 2 aliphatic heterocycles. The van der Waals surface area contributed by atoms with Crippen LogP contribution in [0.4, 0.5) is 0 Å². The summed E-state index contributed by atoms with van der Waals surface area (Å²) in [4.78, 5) is 33.7. The Morgan fingerprint density at radius 3 is 2.47 bits per heavy atom. The van der Waals surface area contributed by atoms with Crippen LogP contribution in [0.2, 0.25) is 0 Å². The number of likely N-dealkylation sites (tertiary alicyclic amines) is 1. The Morgan fingerprint density at radius 2 is 1.80 bits per heavy atom. The van der Waals surface area contributed by atoms with Crippen LogP contribution in [0.5, 0.6) is 0 Å². The lowest BCUT2D eigenvalue weighted by Crippen LogP contribution is -2.59. The Morgan fingerprint density at radius 1 is 1.07 bits per heavy atom. The second kappa shape index (κ2) is 8.56. The normalized spacial score (nSPS) is 23.2. The van der Waals surface area contributed by atoms with Gasteiger partial charge in [-0.2, -0.15) is 0 Å². The van der Waals surface area contributed by atoms with Gasteiger partial charge in [-0.05, 0) is 49.8 Å². The van der Waals surface area contributed by atoms with E-state index < -0.39 is 11.0 Å². The van der Waals surface area contributed by atoms with Crippen LogP contribution in [-0.2, 0) is 26.3 Å². The Bertz CT molecular complexity index is 881. The Hall–Kier alpha value is -2.73. The molecule has 1 aromatic carbocycles. The van der Waals surface area contributed by atoms with Crippen LogP contribution in [-0.4, -0.2) is 48.5 Å². The summed E-state index contributed by atoms with van der Waals surface area (Å²) < 4.78 is 5.62. The fourth-order valence-corrected chi connectivity index (χ4v) is 5.03. The number of nitrogens with one attached hydrogen (secondary N) is 1. The Kier molecular flexibility index (Phi) is 5.86. The molecule has 3 heterocycles. The number of hydrogen-bond acceptors (Lipinski definition) is 4. The number of pyridine rings is 1. The number of aromatic nitrogens is 1. The van der Waals surface area contributed by atoms with Crippen LogP contribution in [0.1, 0.15) is 36.9 Å². The predicted octanol–water partition coefficient (Wildman–Crippen LogP) is 2.68. The highest BCUT2D eigenvalue weighted by Gasteiger charge is 2.55. The van der Waals surface area contributed by atoms with Gasteiger partial charge in [0.2, 0.25) is 5.91 Å². The summed E-state index contributed by atoms with van der Waals surface area (Å²) in [6.07, 6.45) is 5.00. The third-order valence-corrected chi connectivity index (χ3v) is 6.61. The van der Waals surface area contributed by atoms with Crippen LogP contribution in [0.25, 0.3) is 0 Å². The summed E-state index contributed by atoms with van der Waals surface area (Å²) in [5.41, 5.74) is 0.139. The van der Waals surface area contributed by atoms with Gasteiger partial charge in [0.05, 0.1) is 11.1 Å². The minimum atomic E-state index is -1.06. The molecule has 6 nitrogen and oxygen atoms in total. The monoisotopic (exact) mass is 407 g/mol. The van der Waals surface area contributed by atoms with Crippen molar-refractivity contribution in [2.75, 3.05) is 26.8 Å². The second-order valence-corrected chi connectivity index (χ2v) is 8.27. The number of likely N-dealkylation sites (N-methyl/N-ethyl adjacent to an activating group) is 1. The fraction of sp³-hybridized carbons (Fsp3) is 0.458. The molecule has 0 unspecified atom stereocenters. The maximum atomic E-state index is 14.2. The molecular formula is C24H29N3O3. The van der Waals surface area contributed by atoms with E-state index in [1.807, 2.05) is 41.3 Å². The molecule has 158 valence electrons. The van der Waals surface area contributed by atoms with Crippen molar-refractivity contribution in [3.63, 3.8) is 0 Å². The van der Waals surface area contributed by atoms with E-state index in [1.165, 1.54) is 0 Å². The van der Waals surface area contributed by atoms with E-state index in [0.717, 1.165) is 12.0 Å². The molecule has 1 aromatic heterocycles. The van der Waals surface area contributed by atoms with Gasteiger partial charge < -0.3 is 15.0 Å². The van der Waals surface area contributed by atoms with Crippen LogP contribution < -0.4 is 5.32 Å². The zero-order valence-corrected chi connectivity index (χ0v) is 17.5. The lowest BCUT2D eigenvalue weighted by Gasteiger charge is -2.44. The molecule has 2 amide bonds. The third kappa shape index (κ3) is 3.49. The minimum Gasteiger partial charge on any atom is -0.381 e. The Balaban J connectivity index is 1.75. The molecule has 4 rings (SSSR count). The number of ether oxygens (including phenoxy) is 1. The first-order valence-electron chi connectivity index (χ1n) is 10.7. The van der Waals surface area contributed by atoms with E-state index in [4.69, 9.17) is 4.74 Å². The van der Waals surface area contributed by atoms with Crippen LogP contribution in [0.3, 0.4) is 0 Å². The SMILES string of the molecule is CNC(=O)[C@@]1(c2ccccn2)CCCN1C(=O)C1(Cc2ccccc2)CCOCC1. The molecule has 0 radical (unpaired) electrons. The van der Waals surface area contributed by atoms with E-state index in [2.05, 4.69) is 22.4 Å². The average molecular weight is 408 g/mol. The molecule has 0 aliphatic carbocycles. The number of carbonyl (C=O) groups is 2. The third-order valence-electron chi connectivity index (χ3n) is 6.61. The summed E-state index contributed by atoms with van der Waals surface area (Å²) in [6.45, 7) is 1.67. The van der Waals surface area contributed by atoms with E-state index in [1.54, 1.807) is 13.2 Å². The highest BCUT2D eigenvalue weighted by atomic mass is 16.5. The number of rotatable bonds is 5. The highest BCUT2D eigenvalue weighted by Crippen LogP contribution is 2.44. The van der Waals surface area contributed by atoms with Crippen LogP contribution in [0.15, 0.2) is 54.7 Å². The van der Waals surface area contributed by atoms with Crippen molar-refractivity contribution < 1.29 is 14.3 Å². The molecule has 30 heavy (non-hydrogen) atoms. The summed E-state index contributed by atoms with van der Waals surface area (Å²) in [6, 6.07) is 15.7. The van der Waals surface area contributed by atoms with Gasteiger partial charge in [-0.3, -0.25) is 14.6 Å². The van der Waals surface area contributed by atoms with Crippen molar-refractivity contribution in [3.05, 3.63) is 66.0 Å². The molecule has 2 aromatic rings. The summed E-state index contributed by atoms with van der Waals surface area (Å²) in [5.74, 6) is -0.129. The van der Waals surface area contributed by atoms with Gasteiger partial charge >= 0.3 is 0 Å². The molecular weight excluding hydrogens is 378 g/mol. The number of hydrogen-bond donors (Lipinski definition) is 1. The first-order chi connectivity index (χ1) is 14.6. The van der Waals surface area contributed by atoms with Crippen molar-refractivity contribution in [2.24, 2.45) is 5.41 Å². The van der Waals surface area contributed by atoms with Gasteiger partial charge in [0.15, 0.2) is 5.54 Å². The predicted molar refractivity (Wildman–Crippen MR) is 114 cm³/mol. The van der Waals surface area contributed by atoms with Crippen molar-refractivity contribution in [1.82, 2.24) is 15.2 Å². The largest absolute Gasteiger partial charge is 0.381 e. The topological polar surface area (TPSA) is 71.5 Å². The molecule has 0 bridgehead atoms. The molecule has 1 N–H and O–H groups in total. The summed E-state index contributed by atoms with van der Waals surface area (Å²) in [5, 5.41) is 2.80. The van der Waals surface area contributed by atoms with Gasteiger partial charge in [0.25, 0.3) is 5.91 Å². The summed E-state index contributed by atoms with van der Waals surface area (Å²) in [7, 11) is 1.63. The smallest absolute Gasteiger partial charge is 0.252 e. The molecule has 6 heteroatoms. The molecule has 2 aliphatic rings. The van der Waals surface area contributed by atoms with Gasteiger partial charge in [-0.25, -0.2) is 0 Å². The molecule has 1 atom stereocenters. The van der Waals surface area contributed by atoms with E-state index >= 15 is 0 Å². The maximum absolute atomic E-state index is 14.2. The van der Waals surface area contributed by atoms with Crippen molar-refractivity contribution in [1.29, 1.82) is 0 Å². The minimum absolute atomic E-state index is 0.0430. The van der Waals surface area contributed by atoms with Crippen molar-refractivity contribution in [3.8, 4) is 0 Å². The highest BCUT2D eigenvalue weighted by molar-refractivity contribution is 5.94. The summed E-state index contributed by atoms with van der Waals surface area (Å²) >= 11 is 0. The molecule has 0 saturated carbocycles. The average Bonchev–Trinajstić information content (AvgIpc) is 3.26. The number of amides is 2. The molecule has 2 saturated heterocycles. The van der Waals surface area contributed by atoms with Gasteiger partial charge in [0, 0.05) is 33.0 Å². The fourth-order valence-electron chi connectivity index (χ4n) is 5.03. The number of benzene rings is 1. The van der Waals surface area contributed by atoms with E-state index in [-0.39, 0.29) is 11.8 Å². The van der Waals surface area contributed by atoms with Gasteiger partial charge in [-0.1, -0.05) is 36.4 Å². The van der Waals surface area contributed by atoms with Crippen LogP contribution in [0, 0.1) is 5.41 Å². The lowest BCUT2D eigenvalue weighted by atomic mass is 9.73. The molecule has 2 fully saturated rings. The van der Waals surface area contributed by atoms with Crippen molar-refractivity contribution >= 4 is 11.8 Å². The quantitative estimate of drug-likeness (QED) is 0.827. The zero-order valence-electron chi connectivity index (χ0n) is 17.5. The van der Waals surface area contributed by atoms with Gasteiger partial charge in [0.1, 0.15) is 0 Å². The van der Waals surface area contributed by atoms with E-state index in [9.17, 15) is 9.59 Å². The number of carbonyl (C=O) groups excluding carboxylic acids is 2. The molecule has 0 spiro atoms. The van der Waals surface area contributed by atoms with E-state index in [0.29, 0.717) is 51.1 Å². The van der Waals surface area contributed by atoms with Gasteiger partial charge in [-0.15, -0.1) is 0 Å². The van der Waals surface area contributed by atoms with Crippen LogP contribution >= 0.6 is 0 Å². The first-order valence-corrected chi connectivity index (χ1v) is 10.7. The Labute approximate surface area is 177 Å². The maximum Gasteiger partial charge on any atom is 0.252 e.